The van der Waals surface area contributed by atoms with Crippen LogP contribution in [0.2, 0.25) is 0 Å². The topological polar surface area (TPSA) is 38.5 Å². The zero-order chi connectivity index (χ0) is 14.0. The first-order valence-corrected chi connectivity index (χ1v) is 7.92. The van der Waals surface area contributed by atoms with Crippen molar-refractivity contribution < 1.29 is 4.74 Å². The van der Waals surface area contributed by atoms with Crippen molar-refractivity contribution in [2.24, 2.45) is 11.7 Å². The number of fused-ring (bicyclic) bond motifs is 1. The van der Waals surface area contributed by atoms with Gasteiger partial charge in [-0.05, 0) is 24.8 Å². The summed E-state index contributed by atoms with van der Waals surface area (Å²) in [6.45, 7) is 5.86. The van der Waals surface area contributed by atoms with E-state index in [-0.39, 0.29) is 5.54 Å². The molecule has 0 amide bonds. The Labute approximate surface area is 122 Å². The summed E-state index contributed by atoms with van der Waals surface area (Å²) in [6.07, 6.45) is 5.19. The largest absolute Gasteiger partial charge is 0.492 e. The average Bonchev–Trinajstić information content (AvgIpc) is 2.70. The number of rotatable bonds is 2. The minimum Gasteiger partial charge on any atom is -0.492 e. The predicted molar refractivity (Wildman–Crippen MR) is 81.8 cm³/mol. The van der Waals surface area contributed by atoms with Gasteiger partial charge in [-0.25, -0.2) is 0 Å². The van der Waals surface area contributed by atoms with Gasteiger partial charge < -0.3 is 10.5 Å². The molecular formula is C17H26N2O. The maximum Gasteiger partial charge on any atom is 0.123 e. The predicted octanol–water partition coefficient (Wildman–Crippen LogP) is 2.79. The normalized spacial score (nSPS) is 31.2. The van der Waals surface area contributed by atoms with E-state index in [1.165, 1.54) is 31.2 Å². The van der Waals surface area contributed by atoms with Gasteiger partial charge in [0.2, 0.25) is 0 Å². The van der Waals surface area contributed by atoms with E-state index in [1.54, 1.807) is 0 Å². The third kappa shape index (κ3) is 2.33. The molecule has 0 bridgehead atoms. The molecule has 20 heavy (non-hydrogen) atoms. The van der Waals surface area contributed by atoms with Crippen LogP contribution in [-0.2, 0) is 6.54 Å². The molecule has 0 saturated heterocycles. The van der Waals surface area contributed by atoms with Crippen molar-refractivity contribution in [2.45, 2.75) is 44.7 Å². The molecule has 110 valence electrons. The lowest BCUT2D eigenvalue weighted by molar-refractivity contribution is 0.00404. The molecule has 2 N–H and O–H groups in total. The third-order valence-electron chi connectivity index (χ3n) is 5.35. The standard InChI is InChI=1S/C17H26N2O/c1-14-6-4-5-9-17(14,13-18)19-10-11-20-16-8-3-2-7-15(16)12-19/h2-3,7-8,14H,4-6,9-13,18H2,1H3. The van der Waals surface area contributed by atoms with E-state index in [2.05, 4.69) is 36.1 Å². The van der Waals surface area contributed by atoms with Gasteiger partial charge in [-0.15, -0.1) is 0 Å². The summed E-state index contributed by atoms with van der Waals surface area (Å²) in [4.78, 5) is 2.60. The maximum atomic E-state index is 6.25. The second-order valence-electron chi connectivity index (χ2n) is 6.33. The Morgan fingerprint density at radius 2 is 2.20 bits per heavy atom. The second kappa shape index (κ2) is 5.74. The monoisotopic (exact) mass is 274 g/mol. The number of nitrogens with zero attached hydrogens (tertiary/aromatic N) is 1. The zero-order valence-corrected chi connectivity index (χ0v) is 12.5. The van der Waals surface area contributed by atoms with Crippen molar-refractivity contribution in [1.29, 1.82) is 0 Å². The van der Waals surface area contributed by atoms with E-state index in [4.69, 9.17) is 10.5 Å². The first kappa shape index (κ1) is 13.9. The van der Waals surface area contributed by atoms with Gasteiger partial charge in [0.1, 0.15) is 12.4 Å². The van der Waals surface area contributed by atoms with Crippen LogP contribution in [0.1, 0.15) is 38.2 Å². The molecule has 1 saturated carbocycles. The Hall–Kier alpha value is -1.06. The summed E-state index contributed by atoms with van der Waals surface area (Å²) in [5, 5.41) is 0. The van der Waals surface area contributed by atoms with Gasteiger partial charge >= 0.3 is 0 Å². The van der Waals surface area contributed by atoms with E-state index in [0.717, 1.165) is 32.0 Å². The number of nitrogens with two attached hydrogens (primary N) is 1. The fourth-order valence-corrected chi connectivity index (χ4v) is 4.00. The molecule has 3 heteroatoms. The van der Waals surface area contributed by atoms with Gasteiger partial charge in [0.05, 0.1) is 0 Å². The fraction of sp³-hybridized carbons (Fsp3) is 0.647. The summed E-state index contributed by atoms with van der Waals surface area (Å²) in [5.74, 6) is 1.72. The number of hydrogen-bond acceptors (Lipinski definition) is 3. The van der Waals surface area contributed by atoms with Crippen molar-refractivity contribution in [1.82, 2.24) is 4.90 Å². The minimum atomic E-state index is 0.166. The van der Waals surface area contributed by atoms with Crippen LogP contribution in [0.3, 0.4) is 0 Å². The van der Waals surface area contributed by atoms with Gasteiger partial charge in [-0.2, -0.15) is 0 Å². The molecule has 1 aromatic carbocycles. The highest BCUT2D eigenvalue weighted by molar-refractivity contribution is 5.34. The van der Waals surface area contributed by atoms with Gasteiger partial charge in [0, 0.05) is 30.7 Å². The molecule has 3 rings (SSSR count). The Kier molecular flexibility index (Phi) is 3.99. The molecule has 0 aromatic heterocycles. The van der Waals surface area contributed by atoms with Crippen LogP contribution in [0.5, 0.6) is 5.75 Å². The molecule has 3 nitrogen and oxygen atoms in total. The minimum absolute atomic E-state index is 0.166. The van der Waals surface area contributed by atoms with Gasteiger partial charge in [-0.3, -0.25) is 4.90 Å². The van der Waals surface area contributed by atoms with Crippen LogP contribution in [0, 0.1) is 5.92 Å². The van der Waals surface area contributed by atoms with Gasteiger partial charge in [-0.1, -0.05) is 38.0 Å². The summed E-state index contributed by atoms with van der Waals surface area (Å²) in [7, 11) is 0. The Morgan fingerprint density at radius 1 is 1.35 bits per heavy atom. The zero-order valence-electron chi connectivity index (χ0n) is 12.5. The second-order valence-corrected chi connectivity index (χ2v) is 6.33. The van der Waals surface area contributed by atoms with Crippen LogP contribution in [0.15, 0.2) is 24.3 Å². The smallest absolute Gasteiger partial charge is 0.123 e. The van der Waals surface area contributed by atoms with E-state index in [1.807, 2.05) is 0 Å². The molecule has 2 aliphatic rings. The summed E-state index contributed by atoms with van der Waals surface area (Å²) in [5.41, 5.74) is 7.72. The quantitative estimate of drug-likeness (QED) is 0.901. The molecule has 0 radical (unpaired) electrons. The summed E-state index contributed by atoms with van der Waals surface area (Å²) in [6, 6.07) is 8.42. The van der Waals surface area contributed by atoms with Crippen molar-refractivity contribution >= 4 is 0 Å². The lowest BCUT2D eigenvalue weighted by Gasteiger charge is -2.49. The molecule has 1 fully saturated rings. The number of para-hydroxylation sites is 1. The maximum absolute atomic E-state index is 6.25. The molecule has 1 heterocycles. The lowest BCUT2D eigenvalue weighted by atomic mass is 9.72. The van der Waals surface area contributed by atoms with Crippen LogP contribution < -0.4 is 10.5 Å². The molecule has 1 aromatic rings. The molecule has 1 aliphatic heterocycles. The molecule has 2 unspecified atom stereocenters. The van der Waals surface area contributed by atoms with Gasteiger partial charge in [0.25, 0.3) is 0 Å². The Morgan fingerprint density at radius 3 is 3.00 bits per heavy atom. The average molecular weight is 274 g/mol. The summed E-state index contributed by atoms with van der Waals surface area (Å²) < 4.78 is 5.91. The molecule has 2 atom stereocenters. The van der Waals surface area contributed by atoms with Crippen LogP contribution >= 0.6 is 0 Å². The van der Waals surface area contributed by atoms with Crippen molar-refractivity contribution in [3.05, 3.63) is 29.8 Å². The van der Waals surface area contributed by atoms with E-state index in [9.17, 15) is 0 Å². The van der Waals surface area contributed by atoms with Crippen LogP contribution in [-0.4, -0.2) is 30.1 Å². The molecular weight excluding hydrogens is 248 g/mol. The van der Waals surface area contributed by atoms with Crippen LogP contribution in [0.4, 0.5) is 0 Å². The van der Waals surface area contributed by atoms with Crippen LogP contribution in [0.25, 0.3) is 0 Å². The van der Waals surface area contributed by atoms with Crippen molar-refractivity contribution in [2.75, 3.05) is 19.7 Å². The Balaban J connectivity index is 1.89. The molecule has 0 spiro atoms. The number of ether oxygens (including phenoxy) is 1. The lowest BCUT2D eigenvalue weighted by Crippen LogP contribution is -2.59. The van der Waals surface area contributed by atoms with Gasteiger partial charge in [0.15, 0.2) is 0 Å². The van der Waals surface area contributed by atoms with E-state index >= 15 is 0 Å². The van der Waals surface area contributed by atoms with E-state index < -0.39 is 0 Å². The van der Waals surface area contributed by atoms with Crippen molar-refractivity contribution in [3.63, 3.8) is 0 Å². The Bertz CT molecular complexity index is 462. The molecule has 1 aliphatic carbocycles. The van der Waals surface area contributed by atoms with E-state index in [0.29, 0.717) is 5.92 Å². The fourth-order valence-electron chi connectivity index (χ4n) is 4.00. The highest BCUT2D eigenvalue weighted by Crippen LogP contribution is 2.39. The third-order valence-corrected chi connectivity index (χ3v) is 5.35. The SMILES string of the molecule is CC1CCCCC1(CN)N1CCOc2ccccc2C1. The summed E-state index contributed by atoms with van der Waals surface area (Å²) >= 11 is 0. The first-order chi connectivity index (χ1) is 9.76. The highest BCUT2D eigenvalue weighted by Gasteiger charge is 2.42. The number of hydrogen-bond donors (Lipinski definition) is 1. The van der Waals surface area contributed by atoms with Crippen molar-refractivity contribution in [3.8, 4) is 5.75 Å². The number of benzene rings is 1. The first-order valence-electron chi connectivity index (χ1n) is 7.92. The highest BCUT2D eigenvalue weighted by atomic mass is 16.5.